The average molecular weight is 289 g/mol. The fourth-order valence-corrected chi connectivity index (χ4v) is 2.88. The maximum Gasteiger partial charge on any atom is 0.237 e. The Kier molecular flexibility index (Phi) is 4.01. The summed E-state index contributed by atoms with van der Waals surface area (Å²) < 4.78 is 5.42. The lowest BCUT2D eigenvalue weighted by molar-refractivity contribution is -0.127. The predicted molar refractivity (Wildman–Crippen MR) is 82.2 cm³/mol. The third kappa shape index (κ3) is 3.13. The summed E-state index contributed by atoms with van der Waals surface area (Å²) >= 11 is 0. The standard InChI is InChI=1S/C16H23N3O2/c1-12-11-13(12)16(20)17-19-9-7-18(8-10-19)14-5-3-4-6-15(14)21-2/h3-6,12-13H,7-11H2,1-2H3,(H,17,20)/t12-,13+/m0/s1. The third-order valence-electron chi connectivity index (χ3n) is 4.42. The van der Waals surface area contributed by atoms with Gasteiger partial charge in [-0.05, 0) is 24.5 Å². The molecule has 5 nitrogen and oxygen atoms in total. The van der Waals surface area contributed by atoms with Crippen molar-refractivity contribution in [1.29, 1.82) is 0 Å². The summed E-state index contributed by atoms with van der Waals surface area (Å²) in [4.78, 5) is 14.3. The van der Waals surface area contributed by atoms with E-state index in [0.29, 0.717) is 5.92 Å². The molecule has 1 saturated carbocycles. The molecule has 5 heteroatoms. The van der Waals surface area contributed by atoms with Crippen LogP contribution in [0.1, 0.15) is 13.3 Å². The molecule has 1 aromatic carbocycles. The topological polar surface area (TPSA) is 44.8 Å². The predicted octanol–water partition coefficient (Wildman–Crippen LogP) is 1.50. The number of para-hydroxylation sites is 2. The molecule has 0 bridgehead atoms. The number of hydrogen-bond donors (Lipinski definition) is 1. The molecule has 0 radical (unpaired) electrons. The Balaban J connectivity index is 1.54. The van der Waals surface area contributed by atoms with Crippen molar-refractivity contribution in [3.8, 4) is 5.75 Å². The molecule has 1 heterocycles. The molecule has 114 valence electrons. The van der Waals surface area contributed by atoms with Gasteiger partial charge in [-0.3, -0.25) is 10.2 Å². The number of hydrogen-bond acceptors (Lipinski definition) is 4. The second-order valence-electron chi connectivity index (χ2n) is 5.94. The molecule has 0 unspecified atom stereocenters. The molecule has 2 atom stereocenters. The number of carbonyl (C=O) groups excluding carboxylic acids is 1. The minimum absolute atomic E-state index is 0.188. The third-order valence-corrected chi connectivity index (χ3v) is 4.42. The zero-order valence-corrected chi connectivity index (χ0v) is 12.7. The van der Waals surface area contributed by atoms with Gasteiger partial charge in [0, 0.05) is 32.1 Å². The second-order valence-corrected chi connectivity index (χ2v) is 5.94. The number of hydrazine groups is 1. The number of rotatable bonds is 4. The van der Waals surface area contributed by atoms with Crippen LogP contribution in [-0.4, -0.2) is 44.2 Å². The van der Waals surface area contributed by atoms with Crippen LogP contribution in [0.4, 0.5) is 5.69 Å². The molecule has 1 aliphatic carbocycles. The van der Waals surface area contributed by atoms with Crippen LogP contribution < -0.4 is 15.1 Å². The normalized spacial score (nSPS) is 25.5. The fraction of sp³-hybridized carbons (Fsp3) is 0.562. The van der Waals surface area contributed by atoms with Gasteiger partial charge in [0.25, 0.3) is 0 Å². The maximum absolute atomic E-state index is 11.9. The molecular formula is C16H23N3O2. The van der Waals surface area contributed by atoms with E-state index in [4.69, 9.17) is 4.74 Å². The molecule has 1 aromatic rings. The number of methoxy groups -OCH3 is 1. The van der Waals surface area contributed by atoms with Gasteiger partial charge < -0.3 is 9.64 Å². The van der Waals surface area contributed by atoms with Gasteiger partial charge in [-0.15, -0.1) is 0 Å². The maximum atomic E-state index is 11.9. The minimum Gasteiger partial charge on any atom is -0.495 e. The largest absolute Gasteiger partial charge is 0.495 e. The molecule has 2 fully saturated rings. The van der Waals surface area contributed by atoms with Crippen molar-refractivity contribution >= 4 is 11.6 Å². The Morgan fingerprint density at radius 1 is 1.24 bits per heavy atom. The quantitative estimate of drug-likeness (QED) is 0.912. The molecular weight excluding hydrogens is 266 g/mol. The summed E-state index contributed by atoms with van der Waals surface area (Å²) in [7, 11) is 1.70. The van der Waals surface area contributed by atoms with E-state index in [-0.39, 0.29) is 11.8 Å². The number of ether oxygens (including phenoxy) is 1. The van der Waals surface area contributed by atoms with E-state index in [1.54, 1.807) is 7.11 Å². The molecule has 1 saturated heterocycles. The van der Waals surface area contributed by atoms with E-state index in [9.17, 15) is 4.79 Å². The number of anilines is 1. The van der Waals surface area contributed by atoms with E-state index in [0.717, 1.165) is 44.0 Å². The lowest BCUT2D eigenvalue weighted by Crippen LogP contribution is -2.54. The van der Waals surface area contributed by atoms with Gasteiger partial charge in [-0.25, -0.2) is 5.01 Å². The Bertz CT molecular complexity index is 512. The average Bonchev–Trinajstić information content (AvgIpc) is 3.25. The highest BCUT2D eigenvalue weighted by molar-refractivity contribution is 5.81. The zero-order chi connectivity index (χ0) is 14.8. The minimum atomic E-state index is 0.188. The first-order valence-corrected chi connectivity index (χ1v) is 7.62. The van der Waals surface area contributed by atoms with Crippen LogP contribution in [0.15, 0.2) is 24.3 Å². The van der Waals surface area contributed by atoms with Crippen LogP contribution in [0.25, 0.3) is 0 Å². The van der Waals surface area contributed by atoms with Crippen LogP contribution in [0.3, 0.4) is 0 Å². The van der Waals surface area contributed by atoms with Crippen molar-refractivity contribution in [1.82, 2.24) is 10.4 Å². The number of piperazine rings is 1. The van der Waals surface area contributed by atoms with Gasteiger partial charge in [0.1, 0.15) is 5.75 Å². The number of nitrogens with one attached hydrogen (secondary N) is 1. The van der Waals surface area contributed by atoms with Gasteiger partial charge in [-0.1, -0.05) is 19.1 Å². The molecule has 0 aromatic heterocycles. The van der Waals surface area contributed by atoms with Crippen molar-refractivity contribution < 1.29 is 9.53 Å². The molecule has 21 heavy (non-hydrogen) atoms. The second kappa shape index (κ2) is 5.93. The lowest BCUT2D eigenvalue weighted by Gasteiger charge is -2.36. The van der Waals surface area contributed by atoms with Crippen LogP contribution in [0.2, 0.25) is 0 Å². The van der Waals surface area contributed by atoms with Crippen LogP contribution in [-0.2, 0) is 4.79 Å². The molecule has 2 aliphatic rings. The molecule has 0 spiro atoms. The van der Waals surface area contributed by atoms with E-state index in [2.05, 4.69) is 23.3 Å². The summed E-state index contributed by atoms with van der Waals surface area (Å²) in [5.41, 5.74) is 4.17. The van der Waals surface area contributed by atoms with E-state index in [1.165, 1.54) is 0 Å². The molecule has 3 rings (SSSR count). The van der Waals surface area contributed by atoms with E-state index < -0.39 is 0 Å². The first-order chi connectivity index (χ1) is 10.2. The van der Waals surface area contributed by atoms with Crippen molar-refractivity contribution in [2.45, 2.75) is 13.3 Å². The van der Waals surface area contributed by atoms with Crippen LogP contribution >= 0.6 is 0 Å². The van der Waals surface area contributed by atoms with Gasteiger partial charge in [0.15, 0.2) is 0 Å². The summed E-state index contributed by atoms with van der Waals surface area (Å²) in [5, 5.41) is 2.04. The van der Waals surface area contributed by atoms with Crippen molar-refractivity contribution in [3.05, 3.63) is 24.3 Å². The monoisotopic (exact) mass is 289 g/mol. The Morgan fingerprint density at radius 3 is 2.52 bits per heavy atom. The Hall–Kier alpha value is -1.75. The van der Waals surface area contributed by atoms with Gasteiger partial charge in [0.2, 0.25) is 5.91 Å². The highest BCUT2D eigenvalue weighted by Gasteiger charge is 2.39. The van der Waals surface area contributed by atoms with E-state index in [1.807, 2.05) is 23.2 Å². The van der Waals surface area contributed by atoms with Crippen LogP contribution in [0, 0.1) is 11.8 Å². The Labute approximate surface area is 125 Å². The summed E-state index contributed by atoms with van der Waals surface area (Å²) in [6.45, 7) is 5.58. The highest BCUT2D eigenvalue weighted by Crippen LogP contribution is 2.37. The SMILES string of the molecule is COc1ccccc1N1CCN(NC(=O)[C@@H]2C[C@@H]2C)CC1. The summed E-state index contributed by atoms with van der Waals surface area (Å²) in [6.07, 6.45) is 1.03. The van der Waals surface area contributed by atoms with Gasteiger partial charge in [0.05, 0.1) is 12.8 Å². The number of nitrogens with zero attached hydrogens (tertiary/aromatic N) is 2. The highest BCUT2D eigenvalue weighted by atomic mass is 16.5. The summed E-state index contributed by atoms with van der Waals surface area (Å²) in [6, 6.07) is 8.08. The Morgan fingerprint density at radius 2 is 1.90 bits per heavy atom. The molecule has 1 aliphatic heterocycles. The summed E-state index contributed by atoms with van der Waals surface area (Å²) in [5.74, 6) is 1.88. The van der Waals surface area contributed by atoms with Crippen molar-refractivity contribution in [3.63, 3.8) is 0 Å². The molecule has 1 amide bonds. The fourth-order valence-electron chi connectivity index (χ4n) is 2.88. The molecule has 1 N–H and O–H groups in total. The van der Waals surface area contributed by atoms with Crippen molar-refractivity contribution in [2.24, 2.45) is 11.8 Å². The zero-order valence-electron chi connectivity index (χ0n) is 12.7. The number of amides is 1. The van der Waals surface area contributed by atoms with Gasteiger partial charge in [-0.2, -0.15) is 0 Å². The van der Waals surface area contributed by atoms with Crippen LogP contribution in [0.5, 0.6) is 5.75 Å². The number of carbonyl (C=O) groups is 1. The lowest BCUT2D eigenvalue weighted by atomic mass is 10.2. The smallest absolute Gasteiger partial charge is 0.237 e. The first kappa shape index (κ1) is 14.2. The van der Waals surface area contributed by atoms with Gasteiger partial charge >= 0.3 is 0 Å². The van der Waals surface area contributed by atoms with E-state index >= 15 is 0 Å². The van der Waals surface area contributed by atoms with Crippen molar-refractivity contribution in [2.75, 3.05) is 38.2 Å². The number of benzene rings is 1. The first-order valence-electron chi connectivity index (χ1n) is 7.62.